The number of anilines is 3. The van der Waals surface area contributed by atoms with Crippen LogP contribution in [0, 0.1) is 0 Å². The van der Waals surface area contributed by atoms with Crippen molar-refractivity contribution in [3.8, 4) is 33.4 Å². The Morgan fingerprint density at radius 2 is 0.712 bits per heavy atom. The lowest BCUT2D eigenvalue weighted by atomic mass is 9.66. The first-order chi connectivity index (χ1) is 25.1. The Balaban J connectivity index is 1.38. The first kappa shape index (κ1) is 32.3. The fourth-order valence-electron chi connectivity index (χ4n) is 8.91. The van der Waals surface area contributed by atoms with Gasteiger partial charge in [0.25, 0.3) is 0 Å². The normalized spacial score (nSPS) is 13.7. The molecule has 0 saturated carbocycles. The lowest BCUT2D eigenvalue weighted by Crippen LogP contribution is -2.29. The van der Waals surface area contributed by atoms with Crippen LogP contribution < -0.4 is 4.90 Å². The highest BCUT2D eigenvalue weighted by Crippen LogP contribution is 2.63. The van der Waals surface area contributed by atoms with Gasteiger partial charge in [0.1, 0.15) is 0 Å². The van der Waals surface area contributed by atoms with E-state index < -0.39 is 5.41 Å². The van der Waals surface area contributed by atoms with Gasteiger partial charge in [-0.05, 0) is 102 Å². The third-order valence-electron chi connectivity index (χ3n) is 11.4. The van der Waals surface area contributed by atoms with Gasteiger partial charge in [0.05, 0.1) is 11.1 Å². The highest BCUT2D eigenvalue weighted by Gasteiger charge is 2.50. The van der Waals surface area contributed by atoms with Gasteiger partial charge < -0.3 is 4.90 Å². The predicted molar refractivity (Wildman–Crippen MR) is 220 cm³/mol. The van der Waals surface area contributed by atoms with Crippen LogP contribution in [0.2, 0.25) is 0 Å². The van der Waals surface area contributed by atoms with Gasteiger partial charge in [0.2, 0.25) is 0 Å². The number of hydrogen-bond donors (Lipinski definition) is 0. The minimum absolute atomic E-state index is 0.0644. The van der Waals surface area contributed by atoms with Crippen molar-refractivity contribution in [1.29, 1.82) is 0 Å². The lowest BCUT2D eigenvalue weighted by Gasteiger charge is -2.36. The molecule has 9 rings (SSSR count). The second kappa shape index (κ2) is 11.7. The van der Waals surface area contributed by atoms with Gasteiger partial charge in [-0.3, -0.25) is 0 Å². The average Bonchev–Trinajstić information content (AvgIpc) is 3.40. The summed E-state index contributed by atoms with van der Waals surface area (Å²) < 4.78 is 0. The fraction of sp³-hybridized carbons (Fsp3) is 0.176. The lowest BCUT2D eigenvalue weighted by molar-refractivity contribution is 0.590. The molecule has 0 bridgehead atoms. The van der Waals surface area contributed by atoms with E-state index in [1.807, 2.05) is 0 Å². The first-order valence-electron chi connectivity index (χ1n) is 18.6. The minimum atomic E-state index is -0.522. The molecule has 1 spiro atoms. The molecule has 0 amide bonds. The molecule has 2 aliphatic carbocycles. The summed E-state index contributed by atoms with van der Waals surface area (Å²) in [6.45, 7) is 13.7. The van der Waals surface area contributed by atoms with Crippen LogP contribution in [0.15, 0.2) is 164 Å². The van der Waals surface area contributed by atoms with E-state index in [0.717, 1.165) is 11.4 Å². The van der Waals surface area contributed by atoms with Gasteiger partial charge in [-0.1, -0.05) is 175 Å². The molecule has 7 aromatic carbocycles. The molecule has 0 saturated heterocycles. The highest BCUT2D eigenvalue weighted by molar-refractivity contribution is 6.01. The fourth-order valence-corrected chi connectivity index (χ4v) is 8.91. The second-order valence-electron chi connectivity index (χ2n) is 16.6. The number of nitrogens with zero attached hydrogens (tertiary/aromatic N) is 1. The number of hydrogen-bond acceptors (Lipinski definition) is 1. The van der Waals surface area contributed by atoms with Crippen LogP contribution >= 0.6 is 0 Å². The first-order valence-corrected chi connectivity index (χ1v) is 18.6. The van der Waals surface area contributed by atoms with Crippen LogP contribution in [0.5, 0.6) is 0 Å². The highest BCUT2D eigenvalue weighted by atomic mass is 15.1. The summed E-state index contributed by atoms with van der Waals surface area (Å²) in [4.78, 5) is 2.48. The summed E-state index contributed by atoms with van der Waals surface area (Å²) >= 11 is 0. The SMILES string of the molecule is CC(C)(C)c1ccc(N(c2ccc(C(C)(C)C)cc2)c2cccc3c2-c2ccccc2C32c3ccccc3-c3ccccc3-c3ccccc32)cc1. The topological polar surface area (TPSA) is 3.24 Å². The number of fused-ring (bicyclic) bond motifs is 12. The van der Waals surface area contributed by atoms with Crippen LogP contribution in [0.4, 0.5) is 17.1 Å². The maximum atomic E-state index is 2.48. The Morgan fingerprint density at radius 1 is 0.346 bits per heavy atom. The van der Waals surface area contributed by atoms with Crippen molar-refractivity contribution < 1.29 is 0 Å². The van der Waals surface area contributed by atoms with Crippen molar-refractivity contribution in [1.82, 2.24) is 0 Å². The maximum Gasteiger partial charge on any atom is 0.0726 e. The molecular weight excluding hydrogens is 627 g/mol. The summed E-state index contributed by atoms with van der Waals surface area (Å²) in [5.74, 6) is 0. The zero-order chi connectivity index (χ0) is 35.8. The van der Waals surface area contributed by atoms with E-state index in [2.05, 4.69) is 210 Å². The molecule has 0 atom stereocenters. The van der Waals surface area contributed by atoms with E-state index in [0.29, 0.717) is 0 Å². The Morgan fingerprint density at radius 3 is 1.15 bits per heavy atom. The Kier molecular flexibility index (Phi) is 7.25. The molecule has 254 valence electrons. The summed E-state index contributed by atoms with van der Waals surface area (Å²) in [6, 6.07) is 61.8. The number of rotatable bonds is 3. The molecule has 0 unspecified atom stereocenters. The van der Waals surface area contributed by atoms with E-state index in [1.54, 1.807) is 0 Å². The molecule has 0 aromatic heterocycles. The van der Waals surface area contributed by atoms with Gasteiger partial charge in [-0.2, -0.15) is 0 Å². The van der Waals surface area contributed by atoms with Crippen LogP contribution in [0.3, 0.4) is 0 Å². The van der Waals surface area contributed by atoms with Crippen molar-refractivity contribution in [2.45, 2.75) is 57.8 Å². The van der Waals surface area contributed by atoms with E-state index >= 15 is 0 Å². The summed E-state index contributed by atoms with van der Waals surface area (Å²) in [5.41, 5.74) is 18.8. The molecule has 1 nitrogen and oxygen atoms in total. The zero-order valence-electron chi connectivity index (χ0n) is 31.0. The third-order valence-corrected chi connectivity index (χ3v) is 11.4. The van der Waals surface area contributed by atoms with Crippen LogP contribution in [0.1, 0.15) is 74.9 Å². The molecule has 1 heteroatoms. The van der Waals surface area contributed by atoms with Gasteiger partial charge in [-0.15, -0.1) is 0 Å². The quantitative estimate of drug-likeness (QED) is 0.181. The molecule has 7 aromatic rings. The maximum absolute atomic E-state index is 2.48. The standard InChI is InChI=1S/C51H45N/c1-49(2,3)34-26-30-36(31-27-34)52(37-32-28-35(29-33-37)50(4,5)6)47-25-15-24-46-48(47)42-20-11-14-23-45(42)51(46)43-21-12-9-18-40(43)38-16-7-8-17-39(38)41-19-10-13-22-44(41)51/h7-33H,1-6H3. The summed E-state index contributed by atoms with van der Waals surface area (Å²) in [6.07, 6.45) is 0. The van der Waals surface area contributed by atoms with E-state index in [9.17, 15) is 0 Å². The van der Waals surface area contributed by atoms with Crippen molar-refractivity contribution in [3.63, 3.8) is 0 Å². The zero-order valence-corrected chi connectivity index (χ0v) is 31.0. The van der Waals surface area contributed by atoms with Crippen molar-refractivity contribution >= 4 is 17.1 Å². The molecule has 0 aliphatic heterocycles. The van der Waals surface area contributed by atoms with Gasteiger partial charge in [0.15, 0.2) is 0 Å². The van der Waals surface area contributed by atoms with Crippen molar-refractivity contribution in [2.24, 2.45) is 0 Å². The number of benzene rings is 7. The minimum Gasteiger partial charge on any atom is -0.310 e. The van der Waals surface area contributed by atoms with Crippen LogP contribution in [0.25, 0.3) is 33.4 Å². The van der Waals surface area contributed by atoms with Crippen molar-refractivity contribution in [2.75, 3.05) is 4.90 Å². The molecule has 0 fully saturated rings. The largest absolute Gasteiger partial charge is 0.310 e. The molecule has 0 heterocycles. The van der Waals surface area contributed by atoms with Crippen molar-refractivity contribution in [3.05, 3.63) is 197 Å². The molecular formula is C51H45N. The van der Waals surface area contributed by atoms with E-state index in [1.165, 1.54) is 72.4 Å². The molecule has 2 aliphatic rings. The second-order valence-corrected chi connectivity index (χ2v) is 16.6. The third kappa shape index (κ3) is 4.76. The summed E-state index contributed by atoms with van der Waals surface area (Å²) in [7, 11) is 0. The Bertz CT molecular complexity index is 2340. The Hall–Kier alpha value is -5.66. The average molecular weight is 672 g/mol. The Labute approximate surface area is 309 Å². The monoisotopic (exact) mass is 671 g/mol. The molecule has 0 N–H and O–H groups in total. The van der Waals surface area contributed by atoms with Crippen LogP contribution in [-0.2, 0) is 16.2 Å². The molecule has 52 heavy (non-hydrogen) atoms. The smallest absolute Gasteiger partial charge is 0.0726 e. The van der Waals surface area contributed by atoms with Crippen LogP contribution in [-0.4, -0.2) is 0 Å². The van der Waals surface area contributed by atoms with E-state index in [-0.39, 0.29) is 10.8 Å². The van der Waals surface area contributed by atoms with Gasteiger partial charge >= 0.3 is 0 Å². The summed E-state index contributed by atoms with van der Waals surface area (Å²) in [5, 5.41) is 0. The molecule has 0 radical (unpaired) electrons. The van der Waals surface area contributed by atoms with Gasteiger partial charge in [0, 0.05) is 16.9 Å². The van der Waals surface area contributed by atoms with E-state index in [4.69, 9.17) is 0 Å². The van der Waals surface area contributed by atoms with Gasteiger partial charge in [-0.25, -0.2) is 0 Å². The predicted octanol–water partition coefficient (Wildman–Crippen LogP) is 13.8.